The monoisotopic (exact) mass is 430 g/mol. The summed E-state index contributed by atoms with van der Waals surface area (Å²) in [4.78, 5) is 24.9. The molecule has 0 spiro atoms. The minimum atomic E-state index is -4.50. The molecule has 0 radical (unpaired) electrons. The fourth-order valence-corrected chi connectivity index (χ4v) is 3.93. The average molecular weight is 431 g/mol. The van der Waals surface area contributed by atoms with Crippen LogP contribution in [0.2, 0.25) is 5.02 Å². The highest BCUT2D eigenvalue weighted by Gasteiger charge is 2.34. The van der Waals surface area contributed by atoms with Crippen molar-refractivity contribution in [2.24, 2.45) is 0 Å². The molecule has 2 aromatic rings. The molecule has 148 valence electrons. The Morgan fingerprint density at radius 1 is 1.29 bits per heavy atom. The largest absolute Gasteiger partial charge is 0.495 e. The molecule has 1 atom stereocenters. The molecule has 1 heterocycles. The van der Waals surface area contributed by atoms with E-state index in [-0.39, 0.29) is 12.1 Å². The van der Waals surface area contributed by atoms with Crippen LogP contribution in [0.25, 0.3) is 0 Å². The maximum absolute atomic E-state index is 12.8. The Balaban J connectivity index is 1.68. The van der Waals surface area contributed by atoms with Crippen LogP contribution in [0, 0.1) is 0 Å². The average Bonchev–Trinajstić information content (AvgIpc) is 2.61. The Kier molecular flexibility index (Phi) is 5.76. The van der Waals surface area contributed by atoms with Gasteiger partial charge in [0.15, 0.2) is 0 Å². The van der Waals surface area contributed by atoms with E-state index in [1.165, 1.54) is 19.2 Å². The summed E-state index contributed by atoms with van der Waals surface area (Å²) in [7, 11) is 1.47. The maximum atomic E-state index is 12.8. The maximum Gasteiger partial charge on any atom is 0.416 e. The van der Waals surface area contributed by atoms with E-state index in [0.717, 1.165) is 23.9 Å². The lowest BCUT2D eigenvalue weighted by molar-refractivity contribution is -0.137. The Hall–Kier alpha value is -2.39. The first-order valence-corrected chi connectivity index (χ1v) is 9.25. The van der Waals surface area contributed by atoms with E-state index in [2.05, 4.69) is 10.6 Å². The van der Waals surface area contributed by atoms with Crippen LogP contribution in [-0.4, -0.2) is 24.2 Å². The van der Waals surface area contributed by atoms with Crippen LogP contribution in [0.5, 0.6) is 5.75 Å². The molecule has 0 unspecified atom stereocenters. The minimum absolute atomic E-state index is 0.0865. The molecule has 0 saturated heterocycles. The first-order chi connectivity index (χ1) is 13.2. The molecule has 2 aromatic carbocycles. The van der Waals surface area contributed by atoms with Crippen LogP contribution in [0.4, 0.5) is 24.5 Å². The zero-order chi connectivity index (χ0) is 20.5. The lowest BCUT2D eigenvalue weighted by atomic mass is 10.1. The van der Waals surface area contributed by atoms with Crippen molar-refractivity contribution < 1.29 is 27.5 Å². The van der Waals surface area contributed by atoms with Crippen LogP contribution in [0.1, 0.15) is 12.0 Å². The van der Waals surface area contributed by atoms with Crippen LogP contribution < -0.4 is 15.4 Å². The van der Waals surface area contributed by atoms with Gasteiger partial charge in [0.25, 0.3) is 0 Å². The molecule has 5 nitrogen and oxygen atoms in total. The van der Waals surface area contributed by atoms with Crippen molar-refractivity contribution in [3.63, 3.8) is 0 Å². The molecule has 1 aliphatic heterocycles. The van der Waals surface area contributed by atoms with Gasteiger partial charge in [-0.2, -0.15) is 13.2 Å². The first-order valence-electron chi connectivity index (χ1n) is 7.99. The number of thioether (sulfide) groups is 1. The number of carbonyl (C=O) groups excluding carboxylic acids is 2. The number of benzene rings is 2. The molecule has 0 saturated carbocycles. The third-order valence-electron chi connectivity index (χ3n) is 3.93. The lowest BCUT2D eigenvalue weighted by Gasteiger charge is -2.24. The second-order valence-electron chi connectivity index (χ2n) is 5.91. The SMILES string of the molecule is COc1ccc(NC(=O)C[C@@H]2Sc3ccc(C(F)(F)F)cc3NC2=O)cc1Cl. The predicted octanol–water partition coefficient (Wildman–Crippen LogP) is 4.81. The lowest BCUT2D eigenvalue weighted by Crippen LogP contribution is -2.32. The fourth-order valence-electron chi connectivity index (χ4n) is 2.59. The predicted molar refractivity (Wildman–Crippen MR) is 101 cm³/mol. The van der Waals surface area contributed by atoms with Crippen molar-refractivity contribution in [2.45, 2.75) is 22.7 Å². The van der Waals surface area contributed by atoms with Gasteiger partial charge < -0.3 is 15.4 Å². The number of halogens is 4. The number of amides is 2. The summed E-state index contributed by atoms with van der Waals surface area (Å²) in [5.41, 5.74) is -0.324. The number of alkyl halides is 3. The Labute approximate surface area is 167 Å². The number of methoxy groups -OCH3 is 1. The number of nitrogens with one attached hydrogen (secondary N) is 2. The normalized spacial score (nSPS) is 16.2. The first kappa shape index (κ1) is 20.3. The van der Waals surface area contributed by atoms with E-state index in [4.69, 9.17) is 16.3 Å². The number of hydrogen-bond acceptors (Lipinski definition) is 4. The number of hydrogen-bond donors (Lipinski definition) is 2. The molecule has 0 aromatic heterocycles. The summed E-state index contributed by atoms with van der Waals surface area (Å²) >= 11 is 7.05. The zero-order valence-electron chi connectivity index (χ0n) is 14.4. The zero-order valence-corrected chi connectivity index (χ0v) is 16.0. The summed E-state index contributed by atoms with van der Waals surface area (Å²) in [6.45, 7) is 0. The van der Waals surface area contributed by atoms with Gasteiger partial charge >= 0.3 is 6.18 Å². The molecule has 28 heavy (non-hydrogen) atoms. The molecule has 2 amide bonds. The topological polar surface area (TPSA) is 67.4 Å². The number of rotatable bonds is 4. The van der Waals surface area contributed by atoms with Gasteiger partial charge in [-0.15, -0.1) is 11.8 Å². The second-order valence-corrected chi connectivity index (χ2v) is 7.56. The van der Waals surface area contributed by atoms with Crippen LogP contribution >= 0.6 is 23.4 Å². The van der Waals surface area contributed by atoms with Gasteiger partial charge in [0.2, 0.25) is 11.8 Å². The molecule has 2 N–H and O–H groups in total. The van der Waals surface area contributed by atoms with E-state index in [9.17, 15) is 22.8 Å². The molecule has 0 fully saturated rings. The minimum Gasteiger partial charge on any atom is -0.495 e. The highest BCUT2D eigenvalue weighted by Crippen LogP contribution is 2.40. The standard InChI is InChI=1S/C18H14ClF3N2O3S/c1-27-13-4-3-10(7-11(13)19)23-16(25)8-15-17(26)24-12-6-9(18(20,21)22)2-5-14(12)28-15/h2-7,15H,8H2,1H3,(H,23,25)(H,24,26)/t15-/m0/s1. The van der Waals surface area contributed by atoms with Gasteiger partial charge in [-0.3, -0.25) is 9.59 Å². The van der Waals surface area contributed by atoms with E-state index in [1.54, 1.807) is 12.1 Å². The number of carbonyl (C=O) groups is 2. The van der Waals surface area contributed by atoms with Gasteiger partial charge in [0, 0.05) is 17.0 Å². The van der Waals surface area contributed by atoms with Crippen molar-refractivity contribution in [1.29, 1.82) is 0 Å². The number of ether oxygens (including phenoxy) is 1. The van der Waals surface area contributed by atoms with Crippen LogP contribution in [0.15, 0.2) is 41.3 Å². The third-order valence-corrected chi connectivity index (χ3v) is 5.50. The number of fused-ring (bicyclic) bond motifs is 1. The second kappa shape index (κ2) is 7.92. The highest BCUT2D eigenvalue weighted by atomic mass is 35.5. The van der Waals surface area contributed by atoms with Crippen molar-refractivity contribution in [1.82, 2.24) is 0 Å². The number of anilines is 2. The summed E-state index contributed by atoms with van der Waals surface area (Å²) in [5.74, 6) is -0.499. The van der Waals surface area contributed by atoms with E-state index < -0.39 is 28.8 Å². The molecular weight excluding hydrogens is 417 g/mol. The molecule has 1 aliphatic rings. The van der Waals surface area contributed by atoms with Crippen molar-refractivity contribution >= 4 is 46.6 Å². The Morgan fingerprint density at radius 3 is 2.68 bits per heavy atom. The Bertz CT molecular complexity index is 937. The van der Waals surface area contributed by atoms with Gasteiger partial charge in [-0.25, -0.2) is 0 Å². The van der Waals surface area contributed by atoms with Gasteiger partial charge in [0.1, 0.15) is 5.75 Å². The van der Waals surface area contributed by atoms with Crippen molar-refractivity contribution in [2.75, 3.05) is 17.7 Å². The smallest absolute Gasteiger partial charge is 0.416 e. The summed E-state index contributed by atoms with van der Waals surface area (Å²) in [6.07, 6.45) is -4.65. The molecule has 3 rings (SSSR count). The van der Waals surface area contributed by atoms with Crippen LogP contribution in [-0.2, 0) is 15.8 Å². The summed E-state index contributed by atoms with van der Waals surface area (Å²) < 4.78 is 43.4. The van der Waals surface area contributed by atoms with Gasteiger partial charge in [-0.1, -0.05) is 11.6 Å². The summed E-state index contributed by atoms with van der Waals surface area (Å²) in [5, 5.41) is 4.63. The fraction of sp³-hybridized carbons (Fsp3) is 0.222. The van der Waals surface area contributed by atoms with E-state index in [0.29, 0.717) is 21.4 Å². The van der Waals surface area contributed by atoms with Gasteiger partial charge in [0.05, 0.1) is 28.6 Å². The molecule has 0 aliphatic carbocycles. The van der Waals surface area contributed by atoms with E-state index >= 15 is 0 Å². The molecule has 10 heteroatoms. The van der Waals surface area contributed by atoms with Crippen molar-refractivity contribution in [3.05, 3.63) is 47.0 Å². The molecular formula is C18H14ClF3N2O3S. The Morgan fingerprint density at radius 2 is 2.04 bits per heavy atom. The van der Waals surface area contributed by atoms with E-state index in [1.807, 2.05) is 0 Å². The highest BCUT2D eigenvalue weighted by molar-refractivity contribution is 8.01. The van der Waals surface area contributed by atoms with Crippen LogP contribution in [0.3, 0.4) is 0 Å². The van der Waals surface area contributed by atoms with Crippen molar-refractivity contribution in [3.8, 4) is 5.75 Å². The third kappa shape index (κ3) is 4.53. The van der Waals surface area contributed by atoms with Gasteiger partial charge in [-0.05, 0) is 36.4 Å². The summed E-state index contributed by atoms with van der Waals surface area (Å²) in [6, 6.07) is 7.82. The quantitative estimate of drug-likeness (QED) is 0.730. The molecule has 0 bridgehead atoms.